The highest BCUT2D eigenvalue weighted by atomic mass is 16.6. The van der Waals surface area contributed by atoms with Crippen molar-refractivity contribution >= 4 is 0 Å². The molecule has 0 aliphatic carbocycles. The summed E-state index contributed by atoms with van der Waals surface area (Å²) in [7, 11) is 0. The summed E-state index contributed by atoms with van der Waals surface area (Å²) in [6.45, 7) is 16.1. The van der Waals surface area contributed by atoms with Crippen LogP contribution in [0.2, 0.25) is 0 Å². The molecule has 0 aromatic carbocycles. The van der Waals surface area contributed by atoms with Gasteiger partial charge in [-0.25, -0.2) is 0 Å². The Morgan fingerprint density at radius 1 is 0.232 bits per heavy atom. The van der Waals surface area contributed by atoms with E-state index in [1.54, 1.807) is 0 Å². The summed E-state index contributed by atoms with van der Waals surface area (Å²) < 4.78 is 71.2. The van der Waals surface area contributed by atoms with Crippen LogP contribution in [0.1, 0.15) is 96.8 Å². The van der Waals surface area contributed by atoms with Crippen LogP contribution in [0, 0.1) is 12.3 Å². The van der Waals surface area contributed by atoms with E-state index >= 15 is 0 Å². The Labute approximate surface area is 342 Å². The van der Waals surface area contributed by atoms with Crippen molar-refractivity contribution in [3.8, 4) is 12.3 Å². The Kier molecular flexibility index (Phi) is 53.1. The van der Waals surface area contributed by atoms with E-state index in [2.05, 4.69) is 12.8 Å². The van der Waals surface area contributed by atoms with E-state index in [9.17, 15) is 0 Å². The SMILES string of the molecule is C#CCOCCOCCOCCOCCOCCOCCOCCOCCOCCOCCOCCOCCOCCCCCCCCCCCCCCCC. The monoisotopic (exact) mass is 809 g/mol. The van der Waals surface area contributed by atoms with Crippen LogP contribution in [0.5, 0.6) is 0 Å². The largest absolute Gasteiger partial charge is 0.379 e. The fourth-order valence-corrected chi connectivity index (χ4v) is 5.17. The average molecular weight is 809 g/mol. The lowest BCUT2D eigenvalue weighted by molar-refractivity contribution is -0.0289. The molecule has 334 valence electrons. The molecule has 56 heavy (non-hydrogen) atoms. The van der Waals surface area contributed by atoms with Crippen LogP contribution >= 0.6 is 0 Å². The molecule has 0 amide bonds. The van der Waals surface area contributed by atoms with Crippen LogP contribution < -0.4 is 0 Å². The number of hydrogen-bond donors (Lipinski definition) is 0. The molecule has 0 atom stereocenters. The summed E-state index contributed by atoms with van der Waals surface area (Å²) >= 11 is 0. The molecule has 0 saturated heterocycles. The zero-order valence-corrected chi connectivity index (χ0v) is 35.7. The lowest BCUT2D eigenvalue weighted by atomic mass is 10.0. The van der Waals surface area contributed by atoms with E-state index in [1.807, 2.05) is 0 Å². The highest BCUT2D eigenvalue weighted by molar-refractivity contribution is 4.82. The first-order chi connectivity index (χ1) is 27.9. The normalized spacial score (nSPS) is 11.5. The molecule has 0 rings (SSSR count). The van der Waals surface area contributed by atoms with Gasteiger partial charge in [-0.15, -0.1) is 6.42 Å². The molecule has 0 N–H and O–H groups in total. The number of hydrogen-bond acceptors (Lipinski definition) is 13. The Morgan fingerprint density at radius 2 is 0.411 bits per heavy atom. The van der Waals surface area contributed by atoms with Gasteiger partial charge in [0.15, 0.2) is 0 Å². The lowest BCUT2D eigenvalue weighted by Crippen LogP contribution is -2.15. The second-order valence-electron chi connectivity index (χ2n) is 13.2. The van der Waals surface area contributed by atoms with Crippen molar-refractivity contribution in [2.24, 2.45) is 0 Å². The van der Waals surface area contributed by atoms with E-state index in [0.717, 1.165) is 13.0 Å². The third-order valence-corrected chi connectivity index (χ3v) is 8.29. The molecule has 0 aliphatic rings. The van der Waals surface area contributed by atoms with Gasteiger partial charge in [0.2, 0.25) is 0 Å². The van der Waals surface area contributed by atoms with Crippen molar-refractivity contribution in [1.29, 1.82) is 0 Å². The molecular formula is C43H84O13. The van der Waals surface area contributed by atoms with Gasteiger partial charge in [-0.1, -0.05) is 96.3 Å². The first-order valence-electron chi connectivity index (χ1n) is 21.9. The fourth-order valence-electron chi connectivity index (χ4n) is 5.17. The first kappa shape index (κ1) is 55.0. The predicted octanol–water partition coefficient (Wildman–Crippen LogP) is 6.32. The molecule has 0 spiro atoms. The maximum absolute atomic E-state index is 5.69. The summed E-state index contributed by atoms with van der Waals surface area (Å²) in [4.78, 5) is 0. The topological polar surface area (TPSA) is 120 Å². The smallest absolute Gasteiger partial charge is 0.107 e. The Hall–Kier alpha value is -0.960. The van der Waals surface area contributed by atoms with Crippen molar-refractivity contribution in [2.45, 2.75) is 96.8 Å². The molecule has 0 aliphatic heterocycles. The number of rotatable bonds is 52. The summed E-state index contributed by atoms with van der Waals surface area (Å²) in [5, 5.41) is 0. The molecule has 0 fully saturated rings. The molecule has 0 radical (unpaired) electrons. The third-order valence-electron chi connectivity index (χ3n) is 8.29. The average Bonchev–Trinajstić information content (AvgIpc) is 3.21. The van der Waals surface area contributed by atoms with Crippen molar-refractivity contribution in [2.75, 3.05) is 172 Å². The van der Waals surface area contributed by atoms with Gasteiger partial charge in [-0.2, -0.15) is 0 Å². The highest BCUT2D eigenvalue weighted by Crippen LogP contribution is 2.13. The minimum absolute atomic E-state index is 0.308. The molecule has 0 aromatic heterocycles. The molecule has 0 bridgehead atoms. The van der Waals surface area contributed by atoms with Crippen LogP contribution in [0.15, 0.2) is 0 Å². The number of unbranched alkanes of at least 4 members (excludes halogenated alkanes) is 13. The lowest BCUT2D eigenvalue weighted by Gasteiger charge is -2.09. The Bertz CT molecular complexity index is 728. The zero-order chi connectivity index (χ0) is 40.2. The quantitative estimate of drug-likeness (QED) is 0.0505. The molecule has 0 heterocycles. The molecular weight excluding hydrogens is 724 g/mol. The van der Waals surface area contributed by atoms with Gasteiger partial charge in [0.25, 0.3) is 0 Å². The maximum Gasteiger partial charge on any atom is 0.107 e. The van der Waals surface area contributed by atoms with Gasteiger partial charge >= 0.3 is 0 Å². The van der Waals surface area contributed by atoms with Crippen LogP contribution in [0.25, 0.3) is 0 Å². The fraction of sp³-hybridized carbons (Fsp3) is 0.953. The van der Waals surface area contributed by atoms with Gasteiger partial charge in [0, 0.05) is 6.61 Å². The molecule has 0 unspecified atom stereocenters. The van der Waals surface area contributed by atoms with Gasteiger partial charge in [0.05, 0.1) is 159 Å². The minimum Gasteiger partial charge on any atom is -0.379 e. The molecule has 13 nitrogen and oxygen atoms in total. The second kappa shape index (κ2) is 54.0. The summed E-state index contributed by atoms with van der Waals surface area (Å²) in [5.41, 5.74) is 0. The van der Waals surface area contributed by atoms with E-state index in [-0.39, 0.29) is 0 Å². The minimum atomic E-state index is 0.308. The van der Waals surface area contributed by atoms with Crippen LogP contribution in [0.4, 0.5) is 0 Å². The standard InChI is InChI=1S/C43H84O13/c1-3-5-6-7-8-9-10-11-12-13-14-15-16-17-19-45-21-23-47-25-27-49-29-31-51-33-35-53-37-39-55-41-43-56-42-40-54-38-36-52-34-32-50-30-28-48-26-24-46-22-20-44-18-4-2/h2H,3,5-43H2,1H3. The van der Waals surface area contributed by atoms with E-state index in [1.165, 1.54) is 83.5 Å². The predicted molar refractivity (Wildman–Crippen MR) is 220 cm³/mol. The van der Waals surface area contributed by atoms with E-state index in [0.29, 0.717) is 165 Å². The van der Waals surface area contributed by atoms with Crippen LogP contribution in [-0.4, -0.2) is 172 Å². The van der Waals surface area contributed by atoms with Crippen LogP contribution in [-0.2, 0) is 61.6 Å². The maximum atomic E-state index is 5.69. The molecule has 0 aromatic rings. The number of terminal acetylenes is 1. The van der Waals surface area contributed by atoms with Crippen molar-refractivity contribution in [1.82, 2.24) is 0 Å². The Balaban J connectivity index is 3.05. The van der Waals surface area contributed by atoms with Crippen molar-refractivity contribution in [3.05, 3.63) is 0 Å². The van der Waals surface area contributed by atoms with Crippen molar-refractivity contribution in [3.63, 3.8) is 0 Å². The molecule has 0 saturated carbocycles. The second-order valence-corrected chi connectivity index (χ2v) is 13.2. The summed E-state index contributed by atoms with van der Waals surface area (Å²) in [6, 6.07) is 0. The number of ether oxygens (including phenoxy) is 13. The van der Waals surface area contributed by atoms with Gasteiger partial charge in [0.1, 0.15) is 6.61 Å². The summed E-state index contributed by atoms with van der Waals surface area (Å²) in [6.07, 6.45) is 24.3. The van der Waals surface area contributed by atoms with E-state index < -0.39 is 0 Å². The van der Waals surface area contributed by atoms with E-state index in [4.69, 9.17) is 68.0 Å². The molecule has 13 heteroatoms. The van der Waals surface area contributed by atoms with Gasteiger partial charge in [-0.05, 0) is 6.42 Å². The van der Waals surface area contributed by atoms with Crippen LogP contribution in [0.3, 0.4) is 0 Å². The summed E-state index contributed by atoms with van der Waals surface area (Å²) in [5.74, 6) is 2.40. The van der Waals surface area contributed by atoms with Crippen molar-refractivity contribution < 1.29 is 61.6 Å². The third kappa shape index (κ3) is 53.0. The first-order valence-corrected chi connectivity index (χ1v) is 21.9. The van der Waals surface area contributed by atoms with Gasteiger partial charge in [-0.3, -0.25) is 0 Å². The Morgan fingerprint density at radius 3 is 0.625 bits per heavy atom. The highest BCUT2D eigenvalue weighted by Gasteiger charge is 1.98. The van der Waals surface area contributed by atoms with Gasteiger partial charge < -0.3 is 61.6 Å². The zero-order valence-electron chi connectivity index (χ0n) is 35.7.